The molecule has 0 aliphatic heterocycles. The van der Waals surface area contributed by atoms with E-state index in [0.717, 1.165) is 5.75 Å². The van der Waals surface area contributed by atoms with E-state index in [4.69, 9.17) is 4.74 Å². The number of nitro groups is 1. The normalized spacial score (nSPS) is 10.6. The van der Waals surface area contributed by atoms with Crippen molar-refractivity contribution in [1.29, 1.82) is 0 Å². The zero-order chi connectivity index (χ0) is 18.4. The van der Waals surface area contributed by atoms with Crippen LogP contribution in [0.5, 0.6) is 5.75 Å². The van der Waals surface area contributed by atoms with Crippen molar-refractivity contribution in [3.05, 3.63) is 67.3 Å². The Morgan fingerprint density at radius 3 is 2.48 bits per heavy atom. The lowest BCUT2D eigenvalue weighted by Crippen LogP contribution is -2.28. The van der Waals surface area contributed by atoms with E-state index in [-0.39, 0.29) is 11.6 Å². The van der Waals surface area contributed by atoms with Crippen molar-refractivity contribution < 1.29 is 14.5 Å². The molecule has 0 spiro atoms. The average molecular weight is 454 g/mol. The molecule has 2 aromatic carbocycles. The number of rotatable bonds is 7. The number of carbonyl (C=O) groups excluding carboxylic acids is 1. The van der Waals surface area contributed by atoms with Gasteiger partial charge in [-0.2, -0.15) is 0 Å². The molecule has 7 heteroatoms. The van der Waals surface area contributed by atoms with Crippen molar-refractivity contribution in [3.63, 3.8) is 0 Å². The lowest BCUT2D eigenvalue weighted by atomic mass is 10.0. The molecule has 2 aromatic rings. The first-order valence-electron chi connectivity index (χ1n) is 7.83. The number of nitrogens with zero attached hydrogens (tertiary/aromatic N) is 1. The van der Waals surface area contributed by atoms with E-state index in [1.54, 1.807) is 0 Å². The number of amides is 1. The summed E-state index contributed by atoms with van der Waals surface area (Å²) < 4.78 is 6.14. The second-order valence-corrected chi connectivity index (χ2v) is 6.91. The number of nitro benzene ring substituents is 1. The molecule has 2 rings (SSSR count). The molecule has 0 radical (unpaired) electrons. The molecule has 0 heterocycles. The fourth-order valence-corrected chi connectivity index (χ4v) is 2.92. The average Bonchev–Trinajstić information content (AvgIpc) is 2.58. The smallest absolute Gasteiger partial charge is 0.270 e. The molecule has 0 bridgehead atoms. The monoisotopic (exact) mass is 454 g/mol. The molecule has 0 aromatic heterocycles. The molecular formula is C18H19IN2O4. The van der Waals surface area contributed by atoms with Crippen molar-refractivity contribution in [1.82, 2.24) is 5.32 Å². The predicted molar refractivity (Wildman–Crippen MR) is 104 cm³/mol. The summed E-state index contributed by atoms with van der Waals surface area (Å²) in [5, 5.41) is 13.5. The molecule has 1 amide bonds. The van der Waals surface area contributed by atoms with Gasteiger partial charge in [-0.15, -0.1) is 0 Å². The lowest BCUT2D eigenvalue weighted by Gasteiger charge is -2.10. The van der Waals surface area contributed by atoms with Crippen molar-refractivity contribution in [2.75, 3.05) is 13.2 Å². The van der Waals surface area contributed by atoms with Gasteiger partial charge in [-0.05, 0) is 52.3 Å². The summed E-state index contributed by atoms with van der Waals surface area (Å²) >= 11 is 1.92. The number of hydrogen-bond acceptors (Lipinski definition) is 4. The molecule has 1 N–H and O–H groups in total. The first-order valence-corrected chi connectivity index (χ1v) is 8.91. The molecule has 25 heavy (non-hydrogen) atoms. The molecule has 0 aliphatic carbocycles. The van der Waals surface area contributed by atoms with Gasteiger partial charge < -0.3 is 10.1 Å². The summed E-state index contributed by atoms with van der Waals surface area (Å²) in [4.78, 5) is 22.4. The molecule has 0 saturated carbocycles. The van der Waals surface area contributed by atoms with Crippen LogP contribution < -0.4 is 10.1 Å². The van der Waals surface area contributed by atoms with Crippen LogP contribution in [0.3, 0.4) is 0 Å². The Kier molecular flexibility index (Phi) is 6.74. The molecular weight excluding hydrogens is 435 g/mol. The highest BCUT2D eigenvalue weighted by Gasteiger charge is 2.14. The van der Waals surface area contributed by atoms with Crippen molar-refractivity contribution in [2.45, 2.75) is 19.8 Å². The van der Waals surface area contributed by atoms with Crippen LogP contribution >= 0.6 is 22.6 Å². The van der Waals surface area contributed by atoms with Gasteiger partial charge in [-0.3, -0.25) is 14.9 Å². The van der Waals surface area contributed by atoms with Gasteiger partial charge in [-0.1, -0.05) is 26.0 Å². The van der Waals surface area contributed by atoms with Crippen LogP contribution in [-0.4, -0.2) is 24.0 Å². The topological polar surface area (TPSA) is 81.5 Å². The van der Waals surface area contributed by atoms with E-state index in [0.29, 0.717) is 28.2 Å². The Hall–Kier alpha value is -2.16. The predicted octanol–water partition coefficient (Wildman–Crippen LogP) is 4.13. The zero-order valence-electron chi connectivity index (χ0n) is 14.0. The third-order valence-electron chi connectivity index (χ3n) is 3.61. The molecule has 0 saturated heterocycles. The Morgan fingerprint density at radius 1 is 1.24 bits per heavy atom. The van der Waals surface area contributed by atoms with E-state index in [1.165, 1.54) is 23.8 Å². The molecule has 6 nitrogen and oxygen atoms in total. The fourth-order valence-electron chi connectivity index (χ4n) is 2.18. The van der Waals surface area contributed by atoms with Gasteiger partial charge >= 0.3 is 0 Å². The van der Waals surface area contributed by atoms with Gasteiger partial charge in [0.15, 0.2) is 0 Å². The number of benzene rings is 2. The molecule has 0 unspecified atom stereocenters. The lowest BCUT2D eigenvalue weighted by molar-refractivity contribution is -0.384. The Balaban J connectivity index is 1.83. The van der Waals surface area contributed by atoms with E-state index in [2.05, 4.69) is 19.2 Å². The standard InChI is InChI=1S/C18H19IN2O4/c1-12(2)13-3-6-15(7-4-13)25-10-9-20-18(22)16-8-5-14(21(23)24)11-17(16)19/h3-8,11-12H,9-10H2,1-2H3,(H,20,22). The van der Waals surface area contributed by atoms with Gasteiger partial charge in [0.1, 0.15) is 12.4 Å². The second kappa shape index (κ2) is 8.80. The van der Waals surface area contributed by atoms with Gasteiger partial charge in [0.05, 0.1) is 17.0 Å². The van der Waals surface area contributed by atoms with Crippen LogP contribution in [-0.2, 0) is 0 Å². The van der Waals surface area contributed by atoms with E-state index >= 15 is 0 Å². The summed E-state index contributed by atoms with van der Waals surface area (Å²) in [6, 6.07) is 12.0. The van der Waals surface area contributed by atoms with Crippen molar-refractivity contribution in [3.8, 4) is 5.75 Å². The highest BCUT2D eigenvalue weighted by Crippen LogP contribution is 2.20. The van der Waals surface area contributed by atoms with Crippen LogP contribution in [0.2, 0.25) is 0 Å². The van der Waals surface area contributed by atoms with Crippen LogP contribution in [0.15, 0.2) is 42.5 Å². The summed E-state index contributed by atoms with van der Waals surface area (Å²) in [6.07, 6.45) is 0. The number of nitrogens with one attached hydrogen (secondary N) is 1. The molecule has 0 aliphatic rings. The number of non-ortho nitro benzene ring substituents is 1. The molecule has 0 fully saturated rings. The van der Waals surface area contributed by atoms with Crippen LogP contribution in [0.25, 0.3) is 0 Å². The van der Waals surface area contributed by atoms with Gasteiger partial charge in [0.25, 0.3) is 11.6 Å². The first-order chi connectivity index (χ1) is 11.9. The quantitative estimate of drug-likeness (QED) is 0.295. The Labute approximate surface area is 159 Å². The minimum absolute atomic E-state index is 0.0332. The maximum atomic E-state index is 12.1. The van der Waals surface area contributed by atoms with Crippen LogP contribution in [0, 0.1) is 13.7 Å². The largest absolute Gasteiger partial charge is 0.492 e. The number of ether oxygens (including phenoxy) is 1. The van der Waals surface area contributed by atoms with E-state index in [1.807, 2.05) is 46.9 Å². The van der Waals surface area contributed by atoms with Crippen LogP contribution in [0.4, 0.5) is 5.69 Å². The van der Waals surface area contributed by atoms with E-state index < -0.39 is 4.92 Å². The second-order valence-electron chi connectivity index (χ2n) is 5.75. The number of carbonyl (C=O) groups is 1. The fraction of sp³-hybridized carbons (Fsp3) is 0.278. The summed E-state index contributed by atoms with van der Waals surface area (Å²) in [5.74, 6) is 0.944. The minimum Gasteiger partial charge on any atom is -0.492 e. The Morgan fingerprint density at radius 2 is 1.92 bits per heavy atom. The minimum atomic E-state index is -0.484. The first kappa shape index (κ1) is 19.2. The molecule has 132 valence electrons. The van der Waals surface area contributed by atoms with Gasteiger partial charge in [0.2, 0.25) is 0 Å². The van der Waals surface area contributed by atoms with Gasteiger partial charge in [0, 0.05) is 15.7 Å². The maximum absolute atomic E-state index is 12.1. The van der Waals surface area contributed by atoms with Crippen molar-refractivity contribution in [2.24, 2.45) is 0 Å². The Bertz CT molecular complexity index is 760. The van der Waals surface area contributed by atoms with Crippen molar-refractivity contribution >= 4 is 34.2 Å². The van der Waals surface area contributed by atoms with Gasteiger partial charge in [-0.25, -0.2) is 0 Å². The SMILES string of the molecule is CC(C)c1ccc(OCCNC(=O)c2ccc([N+](=O)[O-])cc2I)cc1. The third-order valence-corrected chi connectivity index (χ3v) is 4.50. The van der Waals surface area contributed by atoms with Crippen LogP contribution in [0.1, 0.15) is 35.7 Å². The van der Waals surface area contributed by atoms with E-state index in [9.17, 15) is 14.9 Å². The third kappa shape index (κ3) is 5.42. The summed E-state index contributed by atoms with van der Waals surface area (Å²) in [6.45, 7) is 4.95. The maximum Gasteiger partial charge on any atom is 0.270 e. The summed E-state index contributed by atoms with van der Waals surface area (Å²) in [5.41, 5.74) is 1.62. The molecule has 0 atom stereocenters. The number of halogens is 1. The zero-order valence-corrected chi connectivity index (χ0v) is 16.1. The number of hydrogen-bond donors (Lipinski definition) is 1. The summed E-state index contributed by atoms with van der Waals surface area (Å²) in [7, 11) is 0. The highest BCUT2D eigenvalue weighted by atomic mass is 127. The highest BCUT2D eigenvalue weighted by molar-refractivity contribution is 14.1.